The van der Waals surface area contributed by atoms with Crippen molar-refractivity contribution >= 4 is 44.1 Å². The molecule has 0 radical (unpaired) electrons. The van der Waals surface area contributed by atoms with E-state index in [4.69, 9.17) is 27.9 Å². The van der Waals surface area contributed by atoms with Gasteiger partial charge in [0.05, 0.1) is 28.8 Å². The molecule has 2 aromatic heterocycles. The summed E-state index contributed by atoms with van der Waals surface area (Å²) >= 11 is 12.5. The van der Waals surface area contributed by atoms with Crippen LogP contribution in [-0.4, -0.2) is 42.9 Å². The molecule has 0 N–H and O–H groups in total. The third-order valence-corrected chi connectivity index (χ3v) is 5.38. The number of hydrogen-bond donors (Lipinski definition) is 0. The first-order valence-electron chi connectivity index (χ1n) is 7.78. The van der Waals surface area contributed by atoms with Crippen molar-refractivity contribution in [1.82, 2.24) is 14.5 Å². The van der Waals surface area contributed by atoms with Crippen LogP contribution in [0, 0.1) is 0 Å². The molecule has 0 atom stereocenters. The van der Waals surface area contributed by atoms with Gasteiger partial charge in [-0.25, -0.2) is 13.4 Å². The van der Waals surface area contributed by atoms with Crippen LogP contribution in [0.5, 0.6) is 0 Å². The number of fused-ring (bicyclic) bond motifs is 1. The Labute approximate surface area is 165 Å². The maximum atomic E-state index is 13.1. The van der Waals surface area contributed by atoms with E-state index in [1.54, 1.807) is 24.3 Å². The van der Waals surface area contributed by atoms with E-state index in [-0.39, 0.29) is 29.5 Å². The topological polar surface area (TPSA) is 91.2 Å². The van der Waals surface area contributed by atoms with E-state index < -0.39 is 15.4 Å². The van der Waals surface area contributed by atoms with Crippen LogP contribution in [0.1, 0.15) is 0 Å². The van der Waals surface area contributed by atoms with Crippen molar-refractivity contribution in [3.05, 3.63) is 50.9 Å². The Balaban J connectivity index is 2.39. The number of sulfone groups is 1. The monoisotopic (exact) mass is 427 g/mol. The normalized spacial score (nSPS) is 11.9. The Morgan fingerprint density at radius 3 is 2.48 bits per heavy atom. The average molecular weight is 428 g/mol. The molecule has 10 heteroatoms. The van der Waals surface area contributed by atoms with Gasteiger partial charge >= 0.3 is 0 Å². The van der Waals surface area contributed by atoms with E-state index in [0.717, 1.165) is 6.26 Å². The zero-order chi connectivity index (χ0) is 19.8. The molecule has 7 nitrogen and oxygen atoms in total. The summed E-state index contributed by atoms with van der Waals surface area (Å²) in [5.41, 5.74) is 0.447. The molecule has 0 saturated carbocycles. The number of hydrogen-bond acceptors (Lipinski definition) is 6. The molecule has 0 bridgehead atoms. The molecule has 0 spiro atoms. The molecule has 0 aliphatic heterocycles. The first-order valence-corrected chi connectivity index (χ1v) is 10.4. The summed E-state index contributed by atoms with van der Waals surface area (Å²) in [6.45, 7) is 0.398. The Morgan fingerprint density at radius 1 is 1.22 bits per heavy atom. The Morgan fingerprint density at radius 2 is 1.89 bits per heavy atom. The number of ether oxygens (including phenoxy) is 1. The molecule has 0 amide bonds. The third kappa shape index (κ3) is 3.84. The highest BCUT2D eigenvalue weighted by molar-refractivity contribution is 7.90. The highest BCUT2D eigenvalue weighted by atomic mass is 35.5. The molecule has 3 aromatic rings. The number of pyridine rings is 1. The summed E-state index contributed by atoms with van der Waals surface area (Å²) in [6.07, 6.45) is 2.36. The molecule has 27 heavy (non-hydrogen) atoms. The van der Waals surface area contributed by atoms with E-state index >= 15 is 0 Å². The molecule has 1 aromatic carbocycles. The van der Waals surface area contributed by atoms with Crippen molar-refractivity contribution in [3.63, 3.8) is 0 Å². The van der Waals surface area contributed by atoms with Crippen LogP contribution in [-0.2, 0) is 21.1 Å². The Hall–Kier alpha value is -2.00. The number of rotatable bonds is 5. The summed E-state index contributed by atoms with van der Waals surface area (Å²) in [6, 6.07) is 6.50. The van der Waals surface area contributed by atoms with E-state index in [1.807, 2.05) is 0 Å². The van der Waals surface area contributed by atoms with Crippen LogP contribution in [0.2, 0.25) is 10.0 Å². The van der Waals surface area contributed by atoms with Crippen molar-refractivity contribution in [2.45, 2.75) is 11.7 Å². The zero-order valence-electron chi connectivity index (χ0n) is 14.4. The third-order valence-electron chi connectivity index (χ3n) is 3.89. The van der Waals surface area contributed by atoms with Gasteiger partial charge in [-0.05, 0) is 18.2 Å². The zero-order valence-corrected chi connectivity index (χ0v) is 16.8. The lowest BCUT2D eigenvalue weighted by Gasteiger charge is -2.14. The summed E-state index contributed by atoms with van der Waals surface area (Å²) in [4.78, 5) is 21.1. The largest absolute Gasteiger partial charge is 0.383 e. The fourth-order valence-electron chi connectivity index (χ4n) is 2.65. The lowest BCUT2D eigenvalue weighted by Crippen LogP contribution is -2.25. The van der Waals surface area contributed by atoms with Crippen LogP contribution in [0.4, 0.5) is 0 Å². The summed E-state index contributed by atoms with van der Waals surface area (Å²) < 4.78 is 30.0. The average Bonchev–Trinajstić information content (AvgIpc) is 2.60. The van der Waals surface area contributed by atoms with Gasteiger partial charge in [-0.2, -0.15) is 4.98 Å². The fourth-order valence-corrected chi connectivity index (χ4v) is 3.74. The molecule has 0 aliphatic rings. The minimum absolute atomic E-state index is 0.169. The van der Waals surface area contributed by atoms with Crippen LogP contribution < -0.4 is 5.56 Å². The van der Waals surface area contributed by atoms with E-state index in [9.17, 15) is 13.2 Å². The Bertz CT molecular complexity index is 1170. The van der Waals surface area contributed by atoms with E-state index in [1.165, 1.54) is 17.9 Å². The molecule has 142 valence electrons. The predicted molar refractivity (Wildman–Crippen MR) is 104 cm³/mol. The second kappa shape index (κ2) is 7.55. The fraction of sp³-hybridized carbons (Fsp3) is 0.235. The van der Waals surface area contributed by atoms with Gasteiger partial charge in [0.1, 0.15) is 5.65 Å². The van der Waals surface area contributed by atoms with Crippen molar-refractivity contribution in [2.24, 2.45) is 0 Å². The quantitative estimate of drug-likeness (QED) is 0.581. The van der Waals surface area contributed by atoms with Crippen molar-refractivity contribution in [3.8, 4) is 11.1 Å². The number of nitrogens with zero attached hydrogens (tertiary/aromatic N) is 3. The molecular weight excluding hydrogens is 413 g/mol. The molecule has 3 rings (SSSR count). The summed E-state index contributed by atoms with van der Waals surface area (Å²) in [5.74, 6) is 0. The summed E-state index contributed by atoms with van der Waals surface area (Å²) in [5, 5.41) is 0.769. The second-order valence-electron chi connectivity index (χ2n) is 5.81. The first-order chi connectivity index (χ1) is 12.7. The van der Waals surface area contributed by atoms with E-state index in [2.05, 4.69) is 9.97 Å². The van der Waals surface area contributed by atoms with Gasteiger partial charge in [0.2, 0.25) is 15.0 Å². The van der Waals surface area contributed by atoms with Gasteiger partial charge in [-0.15, -0.1) is 0 Å². The van der Waals surface area contributed by atoms with Gasteiger partial charge < -0.3 is 4.74 Å². The van der Waals surface area contributed by atoms with Gasteiger partial charge in [0.15, 0.2) is 0 Å². The van der Waals surface area contributed by atoms with Gasteiger partial charge in [0.25, 0.3) is 5.56 Å². The van der Waals surface area contributed by atoms with Crippen LogP contribution in [0.3, 0.4) is 0 Å². The first kappa shape index (κ1) is 19.8. The number of benzene rings is 1. The summed E-state index contributed by atoms with van der Waals surface area (Å²) in [7, 11) is -2.13. The molecule has 0 fully saturated rings. The predicted octanol–water partition coefficient (Wildman–Crippen LogP) is 2.82. The lowest BCUT2D eigenvalue weighted by molar-refractivity contribution is 0.187. The second-order valence-corrected chi connectivity index (χ2v) is 8.53. The van der Waals surface area contributed by atoms with Crippen molar-refractivity contribution in [2.75, 3.05) is 20.0 Å². The highest BCUT2D eigenvalue weighted by Crippen LogP contribution is 2.33. The van der Waals surface area contributed by atoms with E-state index in [0.29, 0.717) is 21.0 Å². The van der Waals surface area contributed by atoms with Crippen molar-refractivity contribution < 1.29 is 13.2 Å². The molecule has 0 aliphatic carbocycles. The standard InChI is InChI=1S/C17H15Cl2N3O4S/c1-26-7-6-22-15-10(9-20-17(21-15)27(2,24)25)8-11(16(22)23)14-12(18)4-3-5-13(14)19/h3-5,8-9H,6-7H2,1-2H3. The van der Waals surface area contributed by atoms with Gasteiger partial charge in [-0.1, -0.05) is 29.3 Å². The molecular formula is C17H15Cl2N3O4S. The number of aromatic nitrogens is 3. The lowest BCUT2D eigenvalue weighted by atomic mass is 10.1. The highest BCUT2D eigenvalue weighted by Gasteiger charge is 2.19. The molecule has 0 unspecified atom stereocenters. The smallest absolute Gasteiger partial charge is 0.260 e. The minimum atomic E-state index is -3.63. The number of methoxy groups -OCH3 is 1. The van der Waals surface area contributed by atoms with Gasteiger partial charge in [0, 0.05) is 30.5 Å². The molecule has 2 heterocycles. The van der Waals surface area contributed by atoms with Crippen molar-refractivity contribution in [1.29, 1.82) is 0 Å². The Kier molecular flexibility index (Phi) is 5.53. The van der Waals surface area contributed by atoms with Gasteiger partial charge in [-0.3, -0.25) is 9.36 Å². The number of halogens is 2. The van der Waals surface area contributed by atoms with Crippen LogP contribution >= 0.6 is 23.2 Å². The van der Waals surface area contributed by atoms with Crippen LogP contribution in [0.15, 0.2) is 40.4 Å². The molecule has 0 saturated heterocycles. The SMILES string of the molecule is COCCn1c(=O)c(-c2c(Cl)cccc2Cl)cc2cnc(S(C)(=O)=O)nc21. The van der Waals surface area contributed by atoms with Crippen LogP contribution in [0.25, 0.3) is 22.2 Å². The maximum Gasteiger partial charge on any atom is 0.260 e. The maximum absolute atomic E-state index is 13.1. The minimum Gasteiger partial charge on any atom is -0.383 e.